The summed E-state index contributed by atoms with van der Waals surface area (Å²) in [7, 11) is 0. The van der Waals surface area contributed by atoms with Gasteiger partial charge >= 0.3 is 0 Å². The lowest BCUT2D eigenvalue weighted by atomic mass is 9.90. The van der Waals surface area contributed by atoms with E-state index in [1.807, 2.05) is 45.0 Å². The number of benzene rings is 1. The molecule has 20 heavy (non-hydrogen) atoms. The first kappa shape index (κ1) is 15.3. The molecular weight excluding hydrogens is 274 g/mol. The Morgan fingerprint density at radius 3 is 2.50 bits per heavy atom. The van der Waals surface area contributed by atoms with Crippen molar-refractivity contribution in [1.29, 1.82) is 0 Å². The average Bonchev–Trinajstić information content (AvgIpc) is 2.37. The maximum Gasteiger partial charge on any atom is 0.240 e. The van der Waals surface area contributed by atoms with E-state index in [0.717, 1.165) is 12.1 Å². The maximum atomic E-state index is 12.1. The number of amides is 1. The quantitative estimate of drug-likeness (QED) is 0.896. The number of nitrogens with two attached hydrogens (primary N) is 1. The van der Waals surface area contributed by atoms with Crippen molar-refractivity contribution in [1.82, 2.24) is 10.2 Å². The Labute approximate surface area is 125 Å². The second-order valence-corrected chi connectivity index (χ2v) is 6.30. The Hall–Kier alpha value is -1.10. The molecule has 0 spiro atoms. The molecule has 110 valence electrons. The van der Waals surface area contributed by atoms with Gasteiger partial charge in [-0.1, -0.05) is 23.7 Å². The van der Waals surface area contributed by atoms with Crippen LogP contribution < -0.4 is 11.1 Å². The number of carbonyl (C=O) groups excluding carboxylic acids is 1. The fourth-order valence-electron chi connectivity index (χ4n) is 2.83. The van der Waals surface area contributed by atoms with E-state index < -0.39 is 5.54 Å². The molecule has 1 aliphatic rings. The zero-order valence-corrected chi connectivity index (χ0v) is 12.9. The summed E-state index contributed by atoms with van der Waals surface area (Å²) >= 11 is 5.95. The second-order valence-electron chi connectivity index (χ2n) is 5.86. The third-order valence-electron chi connectivity index (χ3n) is 3.96. The van der Waals surface area contributed by atoms with Crippen LogP contribution in [-0.4, -0.2) is 35.5 Å². The molecule has 2 unspecified atom stereocenters. The SMILES string of the molecule is CC(N)C(c1ccc(Cl)cc1)N1CCNC(=O)C1(C)C. The summed E-state index contributed by atoms with van der Waals surface area (Å²) in [6.07, 6.45) is 0. The molecule has 1 aromatic carbocycles. The lowest BCUT2D eigenvalue weighted by molar-refractivity contribution is -0.137. The van der Waals surface area contributed by atoms with E-state index in [2.05, 4.69) is 10.2 Å². The van der Waals surface area contributed by atoms with Crippen LogP contribution in [0.1, 0.15) is 32.4 Å². The molecule has 1 fully saturated rings. The zero-order chi connectivity index (χ0) is 14.9. The van der Waals surface area contributed by atoms with Crippen molar-refractivity contribution in [3.8, 4) is 0 Å². The lowest BCUT2D eigenvalue weighted by Gasteiger charge is -2.47. The summed E-state index contributed by atoms with van der Waals surface area (Å²) in [5, 5.41) is 3.62. The van der Waals surface area contributed by atoms with Crippen LogP contribution in [0.15, 0.2) is 24.3 Å². The minimum absolute atomic E-state index is 0.00619. The Morgan fingerprint density at radius 1 is 1.35 bits per heavy atom. The maximum absolute atomic E-state index is 12.1. The van der Waals surface area contributed by atoms with E-state index >= 15 is 0 Å². The van der Waals surface area contributed by atoms with Crippen LogP contribution in [0, 0.1) is 0 Å². The van der Waals surface area contributed by atoms with Crippen molar-refractivity contribution < 1.29 is 4.79 Å². The number of halogens is 1. The Kier molecular flexibility index (Phi) is 4.37. The summed E-state index contributed by atoms with van der Waals surface area (Å²) in [5.41, 5.74) is 6.71. The predicted octanol–water partition coefficient (Wildman–Crippen LogP) is 1.94. The standard InChI is InChI=1S/C15H22ClN3O/c1-10(17)13(11-4-6-12(16)7-5-11)19-9-8-18-14(20)15(19,2)3/h4-7,10,13H,8-9,17H2,1-3H3,(H,18,20). The smallest absolute Gasteiger partial charge is 0.240 e. The molecule has 0 bridgehead atoms. The summed E-state index contributed by atoms with van der Waals surface area (Å²) in [4.78, 5) is 14.3. The van der Waals surface area contributed by atoms with Gasteiger partial charge < -0.3 is 11.1 Å². The van der Waals surface area contributed by atoms with Gasteiger partial charge in [-0.15, -0.1) is 0 Å². The van der Waals surface area contributed by atoms with Gasteiger partial charge in [0.05, 0.1) is 11.6 Å². The number of hydrogen-bond donors (Lipinski definition) is 2. The highest BCUT2D eigenvalue weighted by Crippen LogP contribution is 2.32. The fraction of sp³-hybridized carbons (Fsp3) is 0.533. The van der Waals surface area contributed by atoms with Gasteiger partial charge in [-0.3, -0.25) is 9.69 Å². The highest BCUT2D eigenvalue weighted by Gasteiger charge is 2.42. The second kappa shape index (κ2) is 5.72. The summed E-state index contributed by atoms with van der Waals surface area (Å²) in [6, 6.07) is 7.61. The Morgan fingerprint density at radius 2 is 1.95 bits per heavy atom. The molecule has 0 radical (unpaired) electrons. The number of carbonyl (C=O) groups is 1. The fourth-order valence-corrected chi connectivity index (χ4v) is 2.96. The van der Waals surface area contributed by atoms with Crippen molar-refractivity contribution in [2.45, 2.75) is 38.4 Å². The third-order valence-corrected chi connectivity index (χ3v) is 4.21. The molecule has 3 N–H and O–H groups in total. The largest absolute Gasteiger partial charge is 0.353 e. The highest BCUT2D eigenvalue weighted by molar-refractivity contribution is 6.30. The molecule has 1 aliphatic heterocycles. The normalized spacial score (nSPS) is 22.1. The van der Waals surface area contributed by atoms with Gasteiger partial charge in [0.25, 0.3) is 0 Å². The van der Waals surface area contributed by atoms with Crippen molar-refractivity contribution >= 4 is 17.5 Å². The Balaban J connectivity index is 2.37. The molecule has 5 heteroatoms. The van der Waals surface area contributed by atoms with E-state index in [-0.39, 0.29) is 18.0 Å². The summed E-state index contributed by atoms with van der Waals surface area (Å²) < 4.78 is 0. The van der Waals surface area contributed by atoms with E-state index in [1.165, 1.54) is 0 Å². The van der Waals surface area contributed by atoms with Crippen molar-refractivity contribution in [3.05, 3.63) is 34.9 Å². The average molecular weight is 296 g/mol. The molecule has 0 aromatic heterocycles. The molecule has 1 saturated heterocycles. The number of nitrogens with one attached hydrogen (secondary N) is 1. The van der Waals surface area contributed by atoms with E-state index in [1.54, 1.807) is 0 Å². The van der Waals surface area contributed by atoms with Crippen LogP contribution in [-0.2, 0) is 4.79 Å². The topological polar surface area (TPSA) is 58.4 Å². The van der Waals surface area contributed by atoms with Crippen molar-refractivity contribution in [2.75, 3.05) is 13.1 Å². The monoisotopic (exact) mass is 295 g/mol. The zero-order valence-electron chi connectivity index (χ0n) is 12.2. The van der Waals surface area contributed by atoms with Crippen LogP contribution >= 0.6 is 11.6 Å². The molecule has 2 rings (SSSR count). The minimum atomic E-state index is -0.573. The molecule has 1 aromatic rings. The van der Waals surface area contributed by atoms with Crippen LogP contribution in [0.2, 0.25) is 5.02 Å². The van der Waals surface area contributed by atoms with Gasteiger partial charge in [0, 0.05) is 24.2 Å². The molecule has 0 aliphatic carbocycles. The first-order chi connectivity index (χ1) is 9.34. The van der Waals surface area contributed by atoms with E-state index in [4.69, 9.17) is 17.3 Å². The summed E-state index contributed by atoms with van der Waals surface area (Å²) in [6.45, 7) is 7.29. The van der Waals surface area contributed by atoms with Crippen LogP contribution in [0.25, 0.3) is 0 Å². The molecule has 1 heterocycles. The summed E-state index contributed by atoms with van der Waals surface area (Å²) in [5.74, 6) is 0.0448. The van der Waals surface area contributed by atoms with Crippen LogP contribution in [0.5, 0.6) is 0 Å². The van der Waals surface area contributed by atoms with Crippen molar-refractivity contribution in [2.24, 2.45) is 5.73 Å². The van der Waals surface area contributed by atoms with Crippen LogP contribution in [0.3, 0.4) is 0 Å². The first-order valence-corrected chi connectivity index (χ1v) is 7.28. The minimum Gasteiger partial charge on any atom is -0.353 e. The predicted molar refractivity (Wildman–Crippen MR) is 81.6 cm³/mol. The molecule has 0 saturated carbocycles. The number of piperazine rings is 1. The first-order valence-electron chi connectivity index (χ1n) is 6.90. The van der Waals surface area contributed by atoms with Gasteiger partial charge in [0.1, 0.15) is 0 Å². The lowest BCUT2D eigenvalue weighted by Crippen LogP contribution is -2.64. The molecular formula is C15H22ClN3O. The number of hydrogen-bond acceptors (Lipinski definition) is 3. The Bertz CT molecular complexity index is 484. The number of rotatable bonds is 3. The van der Waals surface area contributed by atoms with Gasteiger partial charge in [0.2, 0.25) is 5.91 Å². The van der Waals surface area contributed by atoms with E-state index in [9.17, 15) is 4.79 Å². The molecule has 1 amide bonds. The van der Waals surface area contributed by atoms with Crippen LogP contribution in [0.4, 0.5) is 0 Å². The molecule has 4 nitrogen and oxygen atoms in total. The highest BCUT2D eigenvalue weighted by atomic mass is 35.5. The number of nitrogens with zero attached hydrogens (tertiary/aromatic N) is 1. The third kappa shape index (κ3) is 2.82. The molecule has 2 atom stereocenters. The van der Waals surface area contributed by atoms with E-state index in [0.29, 0.717) is 11.6 Å². The van der Waals surface area contributed by atoms with Gasteiger partial charge in [-0.25, -0.2) is 0 Å². The van der Waals surface area contributed by atoms with Gasteiger partial charge in [0.15, 0.2) is 0 Å². The van der Waals surface area contributed by atoms with Gasteiger partial charge in [-0.2, -0.15) is 0 Å². The van der Waals surface area contributed by atoms with Gasteiger partial charge in [-0.05, 0) is 38.5 Å². The van der Waals surface area contributed by atoms with Crippen molar-refractivity contribution in [3.63, 3.8) is 0 Å².